The van der Waals surface area contributed by atoms with Crippen molar-refractivity contribution in [2.24, 2.45) is 0 Å². The summed E-state index contributed by atoms with van der Waals surface area (Å²) in [5.41, 5.74) is 0.921. The molecule has 0 aliphatic heterocycles. The lowest BCUT2D eigenvalue weighted by atomic mass is 10.2. The van der Waals surface area contributed by atoms with Crippen molar-refractivity contribution in [2.75, 3.05) is 7.05 Å². The molecule has 122 valence electrons. The molecule has 0 aliphatic carbocycles. The van der Waals surface area contributed by atoms with Gasteiger partial charge in [-0.15, -0.1) is 0 Å². The van der Waals surface area contributed by atoms with E-state index in [0.29, 0.717) is 6.42 Å². The van der Waals surface area contributed by atoms with Crippen LogP contribution in [-0.4, -0.2) is 29.7 Å². The van der Waals surface area contributed by atoms with Gasteiger partial charge in [0, 0.05) is 13.1 Å². The Balaban J connectivity index is 0.000000461. The summed E-state index contributed by atoms with van der Waals surface area (Å²) in [5, 5.41) is 8.47. The number of benzene rings is 1. The molecule has 0 bridgehead atoms. The number of hydrogen-bond donors (Lipinski definition) is 0. The first-order chi connectivity index (χ1) is 10.2. The quantitative estimate of drug-likeness (QED) is 0.831. The molecular weight excluding hydrogens is 276 g/mol. The fourth-order valence-corrected chi connectivity index (χ4v) is 1.50. The summed E-state index contributed by atoms with van der Waals surface area (Å²) in [6, 6.07) is 12.4. The van der Waals surface area contributed by atoms with Crippen LogP contribution in [0, 0.1) is 11.3 Å². The van der Waals surface area contributed by atoms with Gasteiger partial charge in [-0.1, -0.05) is 37.3 Å². The van der Waals surface area contributed by atoms with Crippen LogP contribution in [0.2, 0.25) is 0 Å². The number of carbonyl (C=O) groups is 1. The average Bonchev–Trinajstić information content (AvgIpc) is 2.46. The third-order valence-electron chi connectivity index (χ3n) is 2.98. The molecule has 0 spiro atoms. The summed E-state index contributed by atoms with van der Waals surface area (Å²) in [6.45, 7) is 9.41. The van der Waals surface area contributed by atoms with Crippen LogP contribution < -0.4 is 0 Å². The molecule has 0 saturated carbocycles. The molecule has 0 saturated heterocycles. The van der Waals surface area contributed by atoms with E-state index in [1.54, 1.807) is 7.05 Å². The van der Waals surface area contributed by atoms with Gasteiger partial charge in [-0.05, 0) is 39.7 Å². The lowest BCUT2D eigenvalue weighted by Crippen LogP contribution is -2.39. The Morgan fingerprint density at radius 1 is 1.32 bits per heavy atom. The van der Waals surface area contributed by atoms with E-state index in [4.69, 9.17) is 10.00 Å². The first-order valence-corrected chi connectivity index (χ1v) is 7.58. The number of aryl methyl sites for hydroxylation is 1. The van der Waals surface area contributed by atoms with Crippen LogP contribution in [0.3, 0.4) is 0 Å². The highest BCUT2D eigenvalue weighted by molar-refractivity contribution is 5.68. The van der Waals surface area contributed by atoms with Crippen LogP contribution >= 0.6 is 0 Å². The third kappa shape index (κ3) is 9.02. The predicted octanol–water partition coefficient (Wildman–Crippen LogP) is 4.40. The molecule has 0 unspecified atom stereocenters. The van der Waals surface area contributed by atoms with Crippen molar-refractivity contribution in [1.29, 1.82) is 5.26 Å². The number of hydrogen-bond acceptors (Lipinski definition) is 3. The third-order valence-corrected chi connectivity index (χ3v) is 2.98. The van der Waals surface area contributed by atoms with Gasteiger partial charge in [0.1, 0.15) is 5.60 Å². The number of carbonyl (C=O) groups excluding carboxylic acids is 1. The maximum absolute atomic E-state index is 11.5. The van der Waals surface area contributed by atoms with Crippen molar-refractivity contribution in [3.8, 4) is 6.07 Å². The Bertz CT molecular complexity index is 472. The van der Waals surface area contributed by atoms with Crippen molar-refractivity contribution in [1.82, 2.24) is 4.90 Å². The summed E-state index contributed by atoms with van der Waals surface area (Å²) in [7, 11) is 1.64. The highest BCUT2D eigenvalue weighted by Gasteiger charge is 2.22. The predicted molar refractivity (Wildman–Crippen MR) is 89.5 cm³/mol. The van der Waals surface area contributed by atoms with Crippen molar-refractivity contribution >= 4 is 6.09 Å². The highest BCUT2D eigenvalue weighted by Crippen LogP contribution is 2.11. The number of amides is 1. The fourth-order valence-electron chi connectivity index (χ4n) is 1.50. The van der Waals surface area contributed by atoms with Gasteiger partial charge in [0.05, 0.1) is 12.5 Å². The smallest absolute Gasteiger partial charge is 0.410 e. The van der Waals surface area contributed by atoms with E-state index in [9.17, 15) is 4.79 Å². The molecule has 1 aromatic carbocycles. The van der Waals surface area contributed by atoms with Crippen molar-refractivity contribution in [3.05, 3.63) is 35.9 Å². The first kappa shape index (κ1) is 20.0. The normalized spacial score (nSPS) is 11.5. The second-order valence-corrected chi connectivity index (χ2v) is 6.14. The molecule has 1 aromatic rings. The molecule has 4 nitrogen and oxygen atoms in total. The minimum atomic E-state index is -0.488. The second kappa shape index (κ2) is 9.83. The van der Waals surface area contributed by atoms with Crippen LogP contribution in [0.4, 0.5) is 4.79 Å². The Kier molecular flexibility index (Phi) is 8.93. The van der Waals surface area contributed by atoms with Gasteiger partial charge in [0.15, 0.2) is 0 Å². The molecular formula is C18H28N2O2. The molecule has 22 heavy (non-hydrogen) atoms. The van der Waals surface area contributed by atoms with E-state index in [1.807, 2.05) is 39.8 Å². The summed E-state index contributed by atoms with van der Waals surface area (Å²) >= 11 is 0. The van der Waals surface area contributed by atoms with E-state index < -0.39 is 5.60 Å². The van der Waals surface area contributed by atoms with Crippen LogP contribution in [0.25, 0.3) is 0 Å². The van der Waals surface area contributed by atoms with E-state index in [2.05, 4.69) is 31.2 Å². The van der Waals surface area contributed by atoms with Crippen molar-refractivity contribution in [2.45, 2.75) is 59.1 Å². The Morgan fingerprint density at radius 3 is 2.23 bits per heavy atom. The van der Waals surface area contributed by atoms with Gasteiger partial charge in [-0.2, -0.15) is 5.26 Å². The topological polar surface area (TPSA) is 53.3 Å². The summed E-state index contributed by atoms with van der Waals surface area (Å²) in [4.78, 5) is 12.9. The molecule has 1 rings (SSSR count). The number of ether oxygens (including phenoxy) is 1. The zero-order chi connectivity index (χ0) is 17.2. The van der Waals surface area contributed by atoms with Gasteiger partial charge in [-0.3, -0.25) is 0 Å². The van der Waals surface area contributed by atoms with Crippen LogP contribution in [0.1, 0.15) is 46.6 Å². The molecule has 0 heterocycles. The maximum atomic E-state index is 11.5. The molecule has 0 aliphatic rings. The molecule has 0 radical (unpaired) electrons. The molecule has 1 amide bonds. The summed E-state index contributed by atoms with van der Waals surface area (Å²) < 4.78 is 5.14. The molecule has 1 atom stereocenters. The van der Waals surface area contributed by atoms with Gasteiger partial charge in [0.2, 0.25) is 0 Å². The lowest BCUT2D eigenvalue weighted by Gasteiger charge is -2.27. The number of rotatable bonds is 3. The van der Waals surface area contributed by atoms with Gasteiger partial charge in [-0.25, -0.2) is 4.79 Å². The largest absolute Gasteiger partial charge is 0.444 e. The zero-order valence-electron chi connectivity index (χ0n) is 14.6. The minimum Gasteiger partial charge on any atom is -0.444 e. The molecule has 0 N–H and O–H groups in total. The first-order valence-electron chi connectivity index (χ1n) is 7.58. The number of nitrogens with zero attached hydrogens (tertiary/aromatic N) is 2. The minimum absolute atomic E-state index is 0.116. The number of nitriles is 1. The highest BCUT2D eigenvalue weighted by atomic mass is 16.6. The molecule has 4 heteroatoms. The summed E-state index contributed by atoms with van der Waals surface area (Å²) in [5.74, 6) is 0. The summed E-state index contributed by atoms with van der Waals surface area (Å²) in [6.07, 6.45) is 1.07. The zero-order valence-corrected chi connectivity index (χ0v) is 14.6. The molecule has 0 fully saturated rings. The second-order valence-electron chi connectivity index (χ2n) is 6.14. The van der Waals surface area contributed by atoms with Gasteiger partial charge < -0.3 is 9.64 Å². The molecule has 0 aromatic heterocycles. The van der Waals surface area contributed by atoms with Gasteiger partial charge in [0.25, 0.3) is 0 Å². The lowest BCUT2D eigenvalue weighted by molar-refractivity contribution is 0.0239. The van der Waals surface area contributed by atoms with E-state index in [0.717, 1.165) is 6.42 Å². The Hall–Kier alpha value is -2.02. The van der Waals surface area contributed by atoms with Crippen LogP contribution in [0.15, 0.2) is 30.3 Å². The van der Waals surface area contributed by atoms with E-state index in [1.165, 1.54) is 10.5 Å². The van der Waals surface area contributed by atoms with E-state index in [-0.39, 0.29) is 12.1 Å². The van der Waals surface area contributed by atoms with E-state index >= 15 is 0 Å². The van der Waals surface area contributed by atoms with Crippen LogP contribution in [0.5, 0.6) is 0 Å². The van der Waals surface area contributed by atoms with Crippen molar-refractivity contribution < 1.29 is 9.53 Å². The monoisotopic (exact) mass is 304 g/mol. The Labute approximate surface area is 134 Å². The van der Waals surface area contributed by atoms with Crippen LogP contribution in [-0.2, 0) is 11.2 Å². The SMILES string of the molecule is CCc1ccccc1.C[C@H](CC#N)N(C)C(=O)OC(C)(C)C. The average molecular weight is 304 g/mol. The standard InChI is InChI=1S/C10H18N2O2.C8H10/c1-8(6-7-11)12(5)9(13)14-10(2,3)4;1-2-8-6-4-3-5-7-8/h8H,6H2,1-5H3;3-7H,2H2,1H3/t8-;/m1./s1. The van der Waals surface area contributed by atoms with Gasteiger partial charge >= 0.3 is 6.09 Å². The Morgan fingerprint density at radius 2 is 1.86 bits per heavy atom. The maximum Gasteiger partial charge on any atom is 0.410 e. The fraction of sp³-hybridized carbons (Fsp3) is 0.556. The van der Waals surface area contributed by atoms with Crippen molar-refractivity contribution in [3.63, 3.8) is 0 Å².